The van der Waals surface area contributed by atoms with Gasteiger partial charge in [-0.15, -0.1) is 0 Å². The van der Waals surface area contributed by atoms with Crippen molar-refractivity contribution in [3.63, 3.8) is 0 Å². The summed E-state index contributed by atoms with van der Waals surface area (Å²) in [5, 5.41) is 0. The first kappa shape index (κ1) is 14.0. The Bertz CT molecular complexity index is 106. The third-order valence-corrected chi connectivity index (χ3v) is 3.06. The Hall–Kier alpha value is -0.0400. The summed E-state index contributed by atoms with van der Waals surface area (Å²) < 4.78 is 0. The van der Waals surface area contributed by atoms with E-state index in [-0.39, 0.29) is 0 Å². The Kier molecular flexibility index (Phi) is 9.49. The SMILES string of the molecule is CCCC[C@@H](C)CC(CCC)CCN. The minimum Gasteiger partial charge on any atom is -0.330 e. The van der Waals surface area contributed by atoms with Crippen LogP contribution in [0.3, 0.4) is 0 Å². The van der Waals surface area contributed by atoms with Crippen LogP contribution in [0.4, 0.5) is 0 Å². The lowest BCUT2D eigenvalue weighted by Gasteiger charge is -2.19. The van der Waals surface area contributed by atoms with E-state index in [0.29, 0.717) is 0 Å². The smallest absolute Gasteiger partial charge is 0.00746 e. The molecule has 86 valence electrons. The van der Waals surface area contributed by atoms with Crippen molar-refractivity contribution in [3.8, 4) is 0 Å². The van der Waals surface area contributed by atoms with E-state index in [0.717, 1.165) is 18.4 Å². The maximum absolute atomic E-state index is 5.64. The zero-order valence-corrected chi connectivity index (χ0v) is 10.4. The maximum Gasteiger partial charge on any atom is -0.00746 e. The van der Waals surface area contributed by atoms with Crippen LogP contribution in [-0.2, 0) is 0 Å². The van der Waals surface area contributed by atoms with Gasteiger partial charge in [0.15, 0.2) is 0 Å². The summed E-state index contributed by atoms with van der Waals surface area (Å²) in [4.78, 5) is 0. The van der Waals surface area contributed by atoms with E-state index in [1.807, 2.05) is 0 Å². The summed E-state index contributed by atoms with van der Waals surface area (Å²) in [5.41, 5.74) is 5.64. The molecule has 0 aliphatic rings. The molecule has 2 N–H and O–H groups in total. The average molecular weight is 199 g/mol. The van der Waals surface area contributed by atoms with E-state index >= 15 is 0 Å². The molecule has 0 aliphatic carbocycles. The Labute approximate surface area is 90.5 Å². The monoisotopic (exact) mass is 199 g/mol. The van der Waals surface area contributed by atoms with E-state index in [9.17, 15) is 0 Å². The molecule has 0 radical (unpaired) electrons. The van der Waals surface area contributed by atoms with Crippen molar-refractivity contribution in [2.75, 3.05) is 6.54 Å². The first-order valence-corrected chi connectivity index (χ1v) is 6.44. The van der Waals surface area contributed by atoms with Crippen molar-refractivity contribution >= 4 is 0 Å². The molecule has 0 aliphatic heterocycles. The van der Waals surface area contributed by atoms with Gasteiger partial charge in [-0.2, -0.15) is 0 Å². The number of nitrogens with two attached hydrogens (primary N) is 1. The highest BCUT2D eigenvalue weighted by molar-refractivity contribution is 4.64. The molecule has 1 unspecified atom stereocenters. The summed E-state index contributed by atoms with van der Waals surface area (Å²) in [6.07, 6.45) is 9.43. The van der Waals surface area contributed by atoms with Crippen LogP contribution in [-0.4, -0.2) is 6.54 Å². The molecular weight excluding hydrogens is 170 g/mol. The Morgan fingerprint density at radius 3 is 2.21 bits per heavy atom. The lowest BCUT2D eigenvalue weighted by molar-refractivity contribution is 0.334. The fourth-order valence-corrected chi connectivity index (χ4v) is 2.26. The average Bonchev–Trinajstić information content (AvgIpc) is 2.15. The van der Waals surface area contributed by atoms with Crippen molar-refractivity contribution in [2.24, 2.45) is 17.6 Å². The molecule has 0 fully saturated rings. The molecule has 2 atom stereocenters. The summed E-state index contributed by atoms with van der Waals surface area (Å²) in [6.45, 7) is 7.82. The summed E-state index contributed by atoms with van der Waals surface area (Å²) in [5.74, 6) is 1.79. The molecule has 0 aromatic carbocycles. The van der Waals surface area contributed by atoms with Crippen LogP contribution >= 0.6 is 0 Å². The first-order valence-electron chi connectivity index (χ1n) is 6.44. The Morgan fingerprint density at radius 2 is 1.71 bits per heavy atom. The highest BCUT2D eigenvalue weighted by Gasteiger charge is 2.11. The summed E-state index contributed by atoms with van der Waals surface area (Å²) >= 11 is 0. The first-order chi connectivity index (χ1) is 6.74. The van der Waals surface area contributed by atoms with Gasteiger partial charge in [0.05, 0.1) is 0 Å². The van der Waals surface area contributed by atoms with Gasteiger partial charge in [-0.1, -0.05) is 52.9 Å². The van der Waals surface area contributed by atoms with Crippen LogP contribution in [0, 0.1) is 11.8 Å². The van der Waals surface area contributed by atoms with E-state index in [1.165, 1.54) is 44.9 Å². The van der Waals surface area contributed by atoms with Gasteiger partial charge in [0, 0.05) is 0 Å². The second-order valence-corrected chi connectivity index (χ2v) is 4.72. The molecule has 0 heterocycles. The number of rotatable bonds is 9. The third kappa shape index (κ3) is 7.37. The highest BCUT2D eigenvalue weighted by atomic mass is 14.5. The molecule has 0 bridgehead atoms. The van der Waals surface area contributed by atoms with Gasteiger partial charge in [-0.25, -0.2) is 0 Å². The lowest BCUT2D eigenvalue weighted by atomic mass is 9.87. The number of hydrogen-bond acceptors (Lipinski definition) is 1. The van der Waals surface area contributed by atoms with E-state index < -0.39 is 0 Å². The zero-order valence-electron chi connectivity index (χ0n) is 10.4. The van der Waals surface area contributed by atoms with Crippen LogP contribution in [0.1, 0.15) is 65.7 Å². The largest absolute Gasteiger partial charge is 0.330 e. The van der Waals surface area contributed by atoms with Crippen LogP contribution in [0.15, 0.2) is 0 Å². The fourth-order valence-electron chi connectivity index (χ4n) is 2.26. The molecule has 0 aromatic rings. The van der Waals surface area contributed by atoms with Crippen LogP contribution in [0.2, 0.25) is 0 Å². The second kappa shape index (κ2) is 9.51. The van der Waals surface area contributed by atoms with Gasteiger partial charge in [-0.05, 0) is 31.2 Å². The molecule has 14 heavy (non-hydrogen) atoms. The molecular formula is C13H29N. The predicted molar refractivity (Wildman–Crippen MR) is 65.4 cm³/mol. The summed E-state index contributed by atoms with van der Waals surface area (Å²) in [7, 11) is 0. The quantitative estimate of drug-likeness (QED) is 0.597. The minimum atomic E-state index is 0.866. The normalized spacial score (nSPS) is 15.4. The topological polar surface area (TPSA) is 26.0 Å². The van der Waals surface area contributed by atoms with E-state index in [4.69, 9.17) is 5.73 Å². The van der Waals surface area contributed by atoms with Crippen molar-refractivity contribution < 1.29 is 0 Å². The maximum atomic E-state index is 5.64. The van der Waals surface area contributed by atoms with E-state index in [1.54, 1.807) is 0 Å². The van der Waals surface area contributed by atoms with Crippen molar-refractivity contribution in [1.29, 1.82) is 0 Å². The minimum absolute atomic E-state index is 0.866. The molecule has 0 rings (SSSR count). The van der Waals surface area contributed by atoms with Crippen LogP contribution in [0.5, 0.6) is 0 Å². The molecule has 0 amide bonds. The Morgan fingerprint density at radius 1 is 1.00 bits per heavy atom. The van der Waals surface area contributed by atoms with Crippen LogP contribution < -0.4 is 5.73 Å². The number of unbranched alkanes of at least 4 members (excludes halogenated alkanes) is 1. The van der Waals surface area contributed by atoms with Gasteiger partial charge in [-0.3, -0.25) is 0 Å². The number of hydrogen-bond donors (Lipinski definition) is 1. The molecule has 0 spiro atoms. The molecule has 0 saturated carbocycles. The van der Waals surface area contributed by atoms with Crippen molar-refractivity contribution in [1.82, 2.24) is 0 Å². The van der Waals surface area contributed by atoms with Gasteiger partial charge in [0.25, 0.3) is 0 Å². The van der Waals surface area contributed by atoms with Crippen molar-refractivity contribution in [2.45, 2.75) is 65.7 Å². The molecule has 1 nitrogen and oxygen atoms in total. The van der Waals surface area contributed by atoms with Gasteiger partial charge in [0.2, 0.25) is 0 Å². The van der Waals surface area contributed by atoms with Crippen LogP contribution in [0.25, 0.3) is 0 Å². The highest BCUT2D eigenvalue weighted by Crippen LogP contribution is 2.23. The molecule has 0 saturated heterocycles. The standard InChI is InChI=1S/C13H29N/c1-4-6-8-12(3)11-13(7-5-2)9-10-14/h12-13H,4-11,14H2,1-3H3/t12-,13?/m1/s1. The predicted octanol–water partition coefficient (Wildman–Crippen LogP) is 3.97. The Balaban J connectivity index is 3.64. The fraction of sp³-hybridized carbons (Fsp3) is 1.00. The second-order valence-electron chi connectivity index (χ2n) is 4.72. The zero-order chi connectivity index (χ0) is 10.8. The lowest BCUT2D eigenvalue weighted by Crippen LogP contribution is -2.12. The van der Waals surface area contributed by atoms with Gasteiger partial charge < -0.3 is 5.73 Å². The molecule has 1 heteroatoms. The third-order valence-electron chi connectivity index (χ3n) is 3.06. The van der Waals surface area contributed by atoms with Gasteiger partial charge >= 0.3 is 0 Å². The molecule has 0 aromatic heterocycles. The summed E-state index contributed by atoms with van der Waals surface area (Å²) in [6, 6.07) is 0. The van der Waals surface area contributed by atoms with Crippen molar-refractivity contribution in [3.05, 3.63) is 0 Å². The van der Waals surface area contributed by atoms with Gasteiger partial charge in [0.1, 0.15) is 0 Å². The van der Waals surface area contributed by atoms with E-state index in [2.05, 4.69) is 20.8 Å².